The minimum atomic E-state index is -0.101. The van der Waals surface area contributed by atoms with Gasteiger partial charge in [-0.25, -0.2) is 9.97 Å². The molecule has 0 unspecified atom stereocenters. The Labute approximate surface area is 196 Å². The van der Waals surface area contributed by atoms with Gasteiger partial charge in [0.05, 0.1) is 39.5 Å². The largest absolute Gasteiger partial charge is 0.376 e. The monoisotopic (exact) mass is 476 g/mol. The first-order chi connectivity index (χ1) is 16.2. The van der Waals surface area contributed by atoms with E-state index in [0.29, 0.717) is 39.0 Å². The fourth-order valence-electron chi connectivity index (χ4n) is 4.25. The minimum absolute atomic E-state index is 0.0164. The Balaban J connectivity index is 1.38. The molecular weight excluding hydrogens is 456 g/mol. The van der Waals surface area contributed by atoms with Crippen molar-refractivity contribution >= 4 is 49.2 Å². The van der Waals surface area contributed by atoms with Gasteiger partial charge >= 0.3 is 0 Å². The number of hydrogen-bond donors (Lipinski definition) is 0. The van der Waals surface area contributed by atoms with Gasteiger partial charge in [-0.05, 0) is 37.1 Å². The molecule has 7 nitrogen and oxygen atoms in total. The van der Waals surface area contributed by atoms with Crippen LogP contribution in [0.3, 0.4) is 0 Å². The Kier molecular flexibility index (Phi) is 5.24. The number of ether oxygens (including phenoxy) is 1. The first-order valence-corrected chi connectivity index (χ1v) is 12.6. The topological polar surface area (TPSA) is 78.5 Å². The lowest BCUT2D eigenvalue weighted by Gasteiger charge is -2.16. The quantitative estimate of drug-likeness (QED) is 0.281. The lowest BCUT2D eigenvalue weighted by molar-refractivity contribution is 0.0937. The highest BCUT2D eigenvalue weighted by molar-refractivity contribution is 7.98. The highest BCUT2D eigenvalue weighted by Gasteiger charge is 2.20. The number of fused-ring (bicyclic) bond motifs is 4. The summed E-state index contributed by atoms with van der Waals surface area (Å²) in [5.41, 5.74) is 2.04. The van der Waals surface area contributed by atoms with Crippen molar-refractivity contribution < 1.29 is 4.74 Å². The molecule has 0 spiro atoms. The average Bonchev–Trinajstić information content (AvgIpc) is 3.47. The molecule has 1 fully saturated rings. The van der Waals surface area contributed by atoms with Gasteiger partial charge < -0.3 is 4.74 Å². The Hall–Kier alpha value is -3.01. The summed E-state index contributed by atoms with van der Waals surface area (Å²) in [4.78, 5) is 36.3. The van der Waals surface area contributed by atoms with E-state index < -0.39 is 0 Å². The van der Waals surface area contributed by atoms with Crippen LogP contribution < -0.4 is 11.1 Å². The summed E-state index contributed by atoms with van der Waals surface area (Å²) in [6.07, 6.45) is 1.96. The van der Waals surface area contributed by atoms with Gasteiger partial charge in [-0.3, -0.25) is 18.6 Å². The molecule has 0 N–H and O–H groups in total. The van der Waals surface area contributed by atoms with Crippen LogP contribution in [0.5, 0.6) is 0 Å². The smallest absolute Gasteiger partial charge is 0.262 e. The second-order valence-corrected chi connectivity index (χ2v) is 9.98. The first-order valence-electron chi connectivity index (χ1n) is 10.8. The van der Waals surface area contributed by atoms with Crippen molar-refractivity contribution in [2.75, 3.05) is 6.61 Å². The number of benzene rings is 2. The van der Waals surface area contributed by atoms with E-state index in [-0.39, 0.29) is 17.2 Å². The van der Waals surface area contributed by atoms with E-state index in [2.05, 4.69) is 0 Å². The minimum Gasteiger partial charge on any atom is -0.376 e. The number of thiazole rings is 1. The highest BCUT2D eigenvalue weighted by Crippen LogP contribution is 2.26. The van der Waals surface area contributed by atoms with E-state index >= 15 is 0 Å². The number of aromatic nitrogens is 4. The van der Waals surface area contributed by atoms with Crippen LogP contribution in [-0.2, 0) is 17.0 Å². The predicted molar refractivity (Wildman–Crippen MR) is 131 cm³/mol. The SMILES string of the molecule is O=c1c2ccccc2nc(SCc2cc(=O)n3c(n2)sc2ccccc23)n1C[C@H]1CCCO1. The molecular formula is C24H20N4O3S2. The summed E-state index contributed by atoms with van der Waals surface area (Å²) in [6.45, 7) is 1.20. The molecule has 6 rings (SSSR count). The Morgan fingerprint density at radius 3 is 2.82 bits per heavy atom. The van der Waals surface area contributed by atoms with E-state index in [1.807, 2.05) is 48.5 Å². The summed E-state index contributed by atoms with van der Waals surface area (Å²) in [5.74, 6) is 0.441. The van der Waals surface area contributed by atoms with Crippen molar-refractivity contribution in [3.8, 4) is 0 Å². The standard InChI is InChI=1S/C24H20N4O3S2/c29-21-12-15(25-24-28(21)19-9-3-4-10-20(19)33-24)14-32-23-26-18-8-2-1-7-17(18)22(30)27(23)13-16-6-5-11-31-16/h1-4,7-10,12,16H,5-6,11,13-14H2/t16-/m1/s1. The summed E-state index contributed by atoms with van der Waals surface area (Å²) in [6, 6.07) is 16.8. The number of thioether (sulfide) groups is 1. The molecule has 0 aliphatic carbocycles. The van der Waals surface area contributed by atoms with Crippen LogP contribution in [-0.4, -0.2) is 31.6 Å². The number of para-hydroxylation sites is 2. The van der Waals surface area contributed by atoms with Crippen LogP contribution in [0.15, 0.2) is 69.3 Å². The average molecular weight is 477 g/mol. The van der Waals surface area contributed by atoms with Crippen molar-refractivity contribution in [2.45, 2.75) is 36.4 Å². The van der Waals surface area contributed by atoms with Crippen molar-refractivity contribution in [3.63, 3.8) is 0 Å². The van der Waals surface area contributed by atoms with Crippen LogP contribution in [0.4, 0.5) is 0 Å². The molecule has 166 valence electrons. The molecule has 1 saturated heterocycles. The molecule has 0 saturated carbocycles. The van der Waals surface area contributed by atoms with Gasteiger partial charge in [0.1, 0.15) is 0 Å². The molecule has 3 aromatic heterocycles. The molecule has 1 atom stereocenters. The third-order valence-electron chi connectivity index (χ3n) is 5.83. The van der Waals surface area contributed by atoms with Crippen molar-refractivity contribution in [1.29, 1.82) is 0 Å². The highest BCUT2D eigenvalue weighted by atomic mass is 32.2. The third kappa shape index (κ3) is 3.76. The maximum Gasteiger partial charge on any atom is 0.262 e. The van der Waals surface area contributed by atoms with Gasteiger partial charge in [-0.1, -0.05) is 47.4 Å². The molecule has 1 aliphatic rings. The fraction of sp³-hybridized carbons (Fsp3) is 0.250. The molecule has 0 amide bonds. The molecule has 2 aromatic carbocycles. The zero-order valence-electron chi connectivity index (χ0n) is 17.6. The van der Waals surface area contributed by atoms with E-state index in [9.17, 15) is 9.59 Å². The second-order valence-electron chi connectivity index (χ2n) is 8.02. The van der Waals surface area contributed by atoms with Gasteiger partial charge in [0.2, 0.25) is 0 Å². The molecule has 1 aliphatic heterocycles. The molecule has 9 heteroatoms. The van der Waals surface area contributed by atoms with E-state index in [0.717, 1.165) is 29.7 Å². The first kappa shape index (κ1) is 20.6. The lowest BCUT2D eigenvalue weighted by atomic mass is 10.2. The Morgan fingerprint density at radius 1 is 1.09 bits per heavy atom. The Morgan fingerprint density at radius 2 is 1.94 bits per heavy atom. The number of rotatable bonds is 5. The van der Waals surface area contributed by atoms with Gasteiger partial charge in [-0.2, -0.15) is 0 Å². The normalized spacial score (nSPS) is 16.3. The maximum atomic E-state index is 13.3. The predicted octanol–water partition coefficient (Wildman–Crippen LogP) is 4.09. The molecule has 5 aromatic rings. The van der Waals surface area contributed by atoms with E-state index in [1.165, 1.54) is 23.1 Å². The van der Waals surface area contributed by atoms with Crippen molar-refractivity contribution in [3.05, 3.63) is 81.0 Å². The van der Waals surface area contributed by atoms with Crippen molar-refractivity contribution in [2.24, 2.45) is 0 Å². The summed E-state index contributed by atoms with van der Waals surface area (Å²) in [5, 5.41) is 1.22. The molecule has 4 heterocycles. The number of nitrogens with zero attached hydrogens (tertiary/aromatic N) is 4. The van der Waals surface area contributed by atoms with Gasteiger partial charge in [-0.15, -0.1) is 0 Å². The van der Waals surface area contributed by atoms with Gasteiger partial charge in [0.15, 0.2) is 10.1 Å². The molecule has 0 radical (unpaired) electrons. The van der Waals surface area contributed by atoms with Gasteiger partial charge in [0, 0.05) is 18.4 Å². The zero-order valence-corrected chi connectivity index (χ0v) is 19.3. The zero-order chi connectivity index (χ0) is 22.4. The van der Waals surface area contributed by atoms with Crippen LogP contribution in [0.2, 0.25) is 0 Å². The van der Waals surface area contributed by atoms with Crippen LogP contribution >= 0.6 is 23.1 Å². The lowest BCUT2D eigenvalue weighted by Crippen LogP contribution is -2.28. The summed E-state index contributed by atoms with van der Waals surface area (Å²) < 4.78 is 10.2. The summed E-state index contributed by atoms with van der Waals surface area (Å²) >= 11 is 2.92. The third-order valence-corrected chi connectivity index (χ3v) is 7.87. The van der Waals surface area contributed by atoms with Crippen LogP contribution in [0.1, 0.15) is 18.5 Å². The van der Waals surface area contributed by atoms with Gasteiger partial charge in [0.25, 0.3) is 11.1 Å². The van der Waals surface area contributed by atoms with Crippen LogP contribution in [0, 0.1) is 0 Å². The van der Waals surface area contributed by atoms with E-state index in [4.69, 9.17) is 14.7 Å². The maximum absolute atomic E-state index is 13.3. The van der Waals surface area contributed by atoms with Crippen molar-refractivity contribution in [1.82, 2.24) is 18.9 Å². The summed E-state index contributed by atoms with van der Waals surface area (Å²) in [7, 11) is 0. The second kappa shape index (κ2) is 8.40. The molecule has 0 bridgehead atoms. The van der Waals surface area contributed by atoms with Crippen LogP contribution in [0.25, 0.3) is 26.1 Å². The number of hydrogen-bond acceptors (Lipinski definition) is 7. The molecule has 33 heavy (non-hydrogen) atoms. The fourth-order valence-corrected chi connectivity index (χ4v) is 6.20. The Bertz CT molecular complexity index is 1620. The van der Waals surface area contributed by atoms with E-state index in [1.54, 1.807) is 15.0 Å².